The maximum absolute atomic E-state index is 5.91. The normalized spacial score (nSPS) is 27.0. The Bertz CT molecular complexity index is 542. The molecular weight excluding hydrogens is 308 g/mol. The van der Waals surface area contributed by atoms with E-state index in [2.05, 4.69) is 36.4 Å². The van der Waals surface area contributed by atoms with Gasteiger partial charge in [-0.05, 0) is 32.1 Å². The minimum atomic E-state index is 0.366. The zero-order chi connectivity index (χ0) is 16.2. The maximum atomic E-state index is 5.91. The van der Waals surface area contributed by atoms with E-state index >= 15 is 0 Å². The second-order valence-corrected chi connectivity index (χ2v) is 8.07. The summed E-state index contributed by atoms with van der Waals surface area (Å²) < 4.78 is 5.91. The summed E-state index contributed by atoms with van der Waals surface area (Å²) in [7, 11) is 0. The highest BCUT2D eigenvalue weighted by atomic mass is 32.1. The number of aliphatic imine (C=N–C) groups is 1. The van der Waals surface area contributed by atoms with E-state index in [-0.39, 0.29) is 0 Å². The van der Waals surface area contributed by atoms with E-state index < -0.39 is 0 Å². The molecule has 0 aromatic carbocycles. The quantitative estimate of drug-likeness (QED) is 0.619. The predicted octanol–water partition coefficient (Wildman–Crippen LogP) is 2.72. The lowest BCUT2D eigenvalue weighted by Crippen LogP contribution is -2.47. The molecule has 2 N–H and O–H groups in total. The van der Waals surface area contributed by atoms with Gasteiger partial charge in [0.2, 0.25) is 0 Å². The summed E-state index contributed by atoms with van der Waals surface area (Å²) in [6.45, 7) is 8.11. The van der Waals surface area contributed by atoms with Crippen molar-refractivity contribution in [1.82, 2.24) is 15.6 Å². The molecule has 2 aliphatic rings. The summed E-state index contributed by atoms with van der Waals surface area (Å²) in [5, 5.41) is 8.11. The van der Waals surface area contributed by atoms with Crippen molar-refractivity contribution in [1.29, 1.82) is 0 Å². The number of nitrogens with one attached hydrogen (secondary N) is 2. The minimum Gasteiger partial charge on any atom is -0.373 e. The lowest BCUT2D eigenvalue weighted by Gasteiger charge is -2.22. The molecule has 1 aromatic rings. The number of nitrogens with zero attached hydrogens (tertiary/aromatic N) is 2. The molecule has 0 aliphatic carbocycles. The summed E-state index contributed by atoms with van der Waals surface area (Å²) >= 11 is 1.78. The van der Waals surface area contributed by atoms with Gasteiger partial charge in [0.05, 0.1) is 29.8 Å². The zero-order valence-corrected chi connectivity index (χ0v) is 15.2. The number of aromatic nitrogens is 1. The maximum Gasteiger partial charge on any atom is 0.191 e. The summed E-state index contributed by atoms with van der Waals surface area (Å²) in [5.74, 6) is 1.54. The molecule has 5 nitrogen and oxygen atoms in total. The molecule has 0 amide bonds. The predicted molar refractivity (Wildman–Crippen MR) is 94.9 cm³/mol. The molecule has 0 radical (unpaired) electrons. The smallest absolute Gasteiger partial charge is 0.191 e. The Morgan fingerprint density at radius 1 is 1.48 bits per heavy atom. The molecule has 2 aliphatic heterocycles. The van der Waals surface area contributed by atoms with Gasteiger partial charge < -0.3 is 15.4 Å². The van der Waals surface area contributed by atoms with Gasteiger partial charge in [-0.2, -0.15) is 0 Å². The average Bonchev–Trinajstić information content (AvgIpc) is 3.21. The third-order valence-corrected chi connectivity index (χ3v) is 5.35. The number of rotatable bonds is 6. The van der Waals surface area contributed by atoms with E-state index in [0.29, 0.717) is 30.7 Å². The van der Waals surface area contributed by atoms with Crippen LogP contribution in [0, 0.1) is 5.92 Å². The molecule has 128 valence electrons. The summed E-state index contributed by atoms with van der Waals surface area (Å²) in [4.78, 5) is 10.5. The van der Waals surface area contributed by atoms with E-state index in [1.54, 1.807) is 11.3 Å². The van der Waals surface area contributed by atoms with Crippen molar-refractivity contribution in [3.8, 4) is 0 Å². The molecule has 23 heavy (non-hydrogen) atoms. The lowest BCUT2D eigenvalue weighted by molar-refractivity contribution is 0.0992. The van der Waals surface area contributed by atoms with Crippen LogP contribution in [0.1, 0.15) is 49.9 Å². The Hall–Kier alpha value is -1.14. The highest BCUT2D eigenvalue weighted by molar-refractivity contribution is 7.11. The van der Waals surface area contributed by atoms with Gasteiger partial charge in [0, 0.05) is 24.0 Å². The van der Waals surface area contributed by atoms with E-state index in [0.717, 1.165) is 25.3 Å². The van der Waals surface area contributed by atoms with Gasteiger partial charge >= 0.3 is 0 Å². The zero-order valence-electron chi connectivity index (χ0n) is 14.3. The molecule has 3 atom stereocenters. The average molecular weight is 337 g/mol. The number of ether oxygens (including phenoxy) is 1. The Balaban J connectivity index is 1.57. The Labute approximate surface area is 142 Å². The molecular formula is C17H28N4OS. The largest absolute Gasteiger partial charge is 0.373 e. The van der Waals surface area contributed by atoms with Crippen LogP contribution < -0.4 is 10.6 Å². The summed E-state index contributed by atoms with van der Waals surface area (Å²) in [6.07, 6.45) is 7.34. The summed E-state index contributed by atoms with van der Waals surface area (Å²) in [6, 6.07) is 0.407. The van der Waals surface area contributed by atoms with Gasteiger partial charge in [0.15, 0.2) is 5.96 Å². The fraction of sp³-hybridized carbons (Fsp3) is 0.765. The number of guanidine groups is 1. The van der Waals surface area contributed by atoms with Crippen LogP contribution in [0.3, 0.4) is 0 Å². The van der Waals surface area contributed by atoms with Crippen molar-refractivity contribution in [3.63, 3.8) is 0 Å². The number of thiazole rings is 1. The molecule has 1 aromatic heterocycles. The second-order valence-electron chi connectivity index (χ2n) is 6.87. The van der Waals surface area contributed by atoms with Crippen molar-refractivity contribution in [2.24, 2.45) is 10.9 Å². The standard InChI is InChI=1S/C17H28N4OS/c1-4-18-17(21-14-8-12-5-6-15(14)22-12)20-10-13-9-19-16(23-13)7-11(2)3/h9,11-12,14-15H,4-8,10H2,1-3H3,(H2,18,20,21). The number of fused-ring (bicyclic) bond motifs is 2. The highest BCUT2D eigenvalue weighted by Gasteiger charge is 2.41. The van der Waals surface area contributed by atoms with Gasteiger partial charge in [-0.1, -0.05) is 13.8 Å². The van der Waals surface area contributed by atoms with Crippen LogP contribution in [-0.2, 0) is 17.7 Å². The lowest BCUT2D eigenvalue weighted by atomic mass is 9.96. The van der Waals surface area contributed by atoms with Gasteiger partial charge in [0.1, 0.15) is 0 Å². The molecule has 3 rings (SSSR count). The van der Waals surface area contributed by atoms with Crippen LogP contribution in [0.5, 0.6) is 0 Å². The van der Waals surface area contributed by atoms with Gasteiger partial charge in [-0.15, -0.1) is 11.3 Å². The molecule has 0 spiro atoms. The molecule has 2 fully saturated rings. The fourth-order valence-electron chi connectivity index (χ4n) is 3.31. The van der Waals surface area contributed by atoms with Crippen LogP contribution >= 0.6 is 11.3 Å². The first-order valence-corrected chi connectivity index (χ1v) is 9.59. The number of hydrogen-bond acceptors (Lipinski definition) is 4. The van der Waals surface area contributed by atoms with Gasteiger partial charge in [0.25, 0.3) is 0 Å². The van der Waals surface area contributed by atoms with Crippen molar-refractivity contribution < 1.29 is 4.74 Å². The first-order valence-electron chi connectivity index (χ1n) is 8.78. The highest BCUT2D eigenvalue weighted by Crippen LogP contribution is 2.34. The van der Waals surface area contributed by atoms with Crippen LogP contribution in [0.2, 0.25) is 0 Å². The molecule has 2 saturated heterocycles. The number of hydrogen-bond donors (Lipinski definition) is 2. The third kappa shape index (κ3) is 4.44. The van der Waals surface area contributed by atoms with Crippen LogP contribution in [0.4, 0.5) is 0 Å². The molecule has 2 bridgehead atoms. The van der Waals surface area contributed by atoms with Crippen LogP contribution in [0.25, 0.3) is 0 Å². The third-order valence-electron chi connectivity index (χ3n) is 4.35. The van der Waals surface area contributed by atoms with Crippen molar-refractivity contribution in [2.45, 2.75) is 71.2 Å². The summed E-state index contributed by atoms with van der Waals surface area (Å²) in [5.41, 5.74) is 0. The topological polar surface area (TPSA) is 58.5 Å². The molecule has 3 unspecified atom stereocenters. The molecule has 0 saturated carbocycles. The Morgan fingerprint density at radius 2 is 2.35 bits per heavy atom. The van der Waals surface area contributed by atoms with E-state index in [1.165, 1.54) is 22.7 Å². The van der Waals surface area contributed by atoms with E-state index in [9.17, 15) is 0 Å². The van der Waals surface area contributed by atoms with Crippen molar-refractivity contribution >= 4 is 17.3 Å². The van der Waals surface area contributed by atoms with Crippen molar-refractivity contribution in [2.75, 3.05) is 6.54 Å². The van der Waals surface area contributed by atoms with E-state index in [1.807, 2.05) is 6.20 Å². The first kappa shape index (κ1) is 16.7. The Morgan fingerprint density at radius 3 is 3.00 bits per heavy atom. The van der Waals surface area contributed by atoms with Crippen molar-refractivity contribution in [3.05, 3.63) is 16.1 Å². The molecule has 3 heterocycles. The Kier molecular flexibility index (Phi) is 5.54. The monoisotopic (exact) mass is 336 g/mol. The first-order chi connectivity index (χ1) is 11.1. The second kappa shape index (κ2) is 7.62. The van der Waals surface area contributed by atoms with Crippen LogP contribution in [0.15, 0.2) is 11.2 Å². The van der Waals surface area contributed by atoms with Crippen LogP contribution in [-0.4, -0.2) is 35.7 Å². The SMILES string of the molecule is CCNC(=NCc1cnc(CC(C)C)s1)NC1CC2CCC1O2. The van der Waals surface area contributed by atoms with Gasteiger partial charge in [-0.3, -0.25) is 0 Å². The minimum absolute atomic E-state index is 0.366. The molecule has 6 heteroatoms. The fourth-order valence-corrected chi connectivity index (χ4v) is 4.37. The van der Waals surface area contributed by atoms with E-state index in [4.69, 9.17) is 9.73 Å². The van der Waals surface area contributed by atoms with Gasteiger partial charge in [-0.25, -0.2) is 9.98 Å².